The van der Waals surface area contributed by atoms with Crippen LogP contribution in [-0.4, -0.2) is 40.2 Å². The molecule has 0 bridgehead atoms. The maximum atomic E-state index is 13.4. The lowest BCUT2D eigenvalue weighted by Gasteiger charge is -2.49. The van der Waals surface area contributed by atoms with Crippen LogP contribution in [0.25, 0.3) is 0 Å². The molecule has 2 aliphatic rings. The van der Waals surface area contributed by atoms with E-state index in [0.717, 1.165) is 4.90 Å². The van der Waals surface area contributed by atoms with E-state index in [1.165, 1.54) is 23.1 Å². The molecule has 3 aromatic rings. The molecule has 1 saturated heterocycles. The van der Waals surface area contributed by atoms with E-state index in [-0.39, 0.29) is 11.1 Å². The fourth-order valence-electron chi connectivity index (χ4n) is 4.56. The monoisotopic (exact) mass is 491 g/mol. The van der Waals surface area contributed by atoms with Gasteiger partial charge in [0.25, 0.3) is 23.4 Å². The number of nitro benzene ring substituents is 1. The maximum Gasteiger partial charge on any atom is 0.282 e. The van der Waals surface area contributed by atoms with E-state index in [2.05, 4.69) is 0 Å². The van der Waals surface area contributed by atoms with Crippen LogP contribution in [0.5, 0.6) is 5.75 Å². The van der Waals surface area contributed by atoms with E-state index < -0.39 is 40.4 Å². The molecule has 3 amide bonds. The van der Waals surface area contributed by atoms with Crippen LogP contribution in [0.15, 0.2) is 66.7 Å². The first kappa shape index (κ1) is 22.5. The number of ether oxygens (including phenoxy) is 1. The van der Waals surface area contributed by atoms with Crippen molar-refractivity contribution in [1.82, 2.24) is 4.90 Å². The van der Waals surface area contributed by atoms with Crippen molar-refractivity contribution < 1.29 is 24.0 Å². The van der Waals surface area contributed by atoms with Crippen molar-refractivity contribution in [3.05, 3.63) is 98.6 Å². The predicted molar refractivity (Wildman–Crippen MR) is 127 cm³/mol. The first-order valence-corrected chi connectivity index (χ1v) is 11.2. The average molecular weight is 492 g/mol. The molecule has 0 N–H and O–H groups in total. The summed E-state index contributed by atoms with van der Waals surface area (Å²) in [6.45, 7) is 2.34. The Balaban J connectivity index is 1.58. The van der Waals surface area contributed by atoms with Crippen LogP contribution in [0.3, 0.4) is 0 Å². The van der Waals surface area contributed by atoms with E-state index >= 15 is 0 Å². The zero-order valence-corrected chi connectivity index (χ0v) is 19.1. The average Bonchev–Trinajstić information content (AvgIpc) is 3.10. The number of β-lactam (4-membered cyclic amide) rings is 1. The molecule has 2 aliphatic heterocycles. The maximum absolute atomic E-state index is 13.4. The summed E-state index contributed by atoms with van der Waals surface area (Å²) in [4.78, 5) is 53.1. The summed E-state index contributed by atoms with van der Waals surface area (Å²) >= 11 is 6.01. The first-order valence-electron chi connectivity index (χ1n) is 10.8. The molecule has 5 rings (SSSR count). The number of fused-ring (bicyclic) bond motifs is 1. The fourth-order valence-corrected chi connectivity index (χ4v) is 4.69. The molecule has 9 nitrogen and oxygen atoms in total. The van der Waals surface area contributed by atoms with Gasteiger partial charge in [0, 0.05) is 16.8 Å². The third-order valence-corrected chi connectivity index (χ3v) is 6.36. The zero-order valence-electron chi connectivity index (χ0n) is 18.4. The number of benzene rings is 3. The van der Waals surface area contributed by atoms with Gasteiger partial charge in [-0.1, -0.05) is 29.8 Å². The van der Waals surface area contributed by atoms with Crippen molar-refractivity contribution in [2.75, 3.05) is 11.5 Å². The Kier molecular flexibility index (Phi) is 5.49. The second kappa shape index (κ2) is 8.52. The summed E-state index contributed by atoms with van der Waals surface area (Å²) in [7, 11) is 0. The third kappa shape index (κ3) is 3.52. The Hall–Kier alpha value is -4.24. The largest absolute Gasteiger partial charge is 0.494 e. The Morgan fingerprint density at radius 3 is 2.23 bits per heavy atom. The van der Waals surface area contributed by atoms with Gasteiger partial charge in [0.15, 0.2) is 0 Å². The summed E-state index contributed by atoms with van der Waals surface area (Å²) in [5, 5.41) is 12.0. The molecule has 0 spiro atoms. The molecule has 0 saturated carbocycles. The molecule has 2 heterocycles. The van der Waals surface area contributed by atoms with Crippen molar-refractivity contribution in [2.24, 2.45) is 0 Å². The molecule has 2 unspecified atom stereocenters. The normalized spacial score (nSPS) is 19.0. The number of hydrogen-bond acceptors (Lipinski definition) is 6. The van der Waals surface area contributed by atoms with Gasteiger partial charge < -0.3 is 9.64 Å². The SMILES string of the molecule is CCOc1ccc(C2C(N3C(=O)c4cccc([N+](=O)[O-])c4C3=O)C(=O)N2c2ccc(Cl)cc2)cc1. The number of amides is 3. The lowest BCUT2D eigenvalue weighted by atomic mass is 9.86. The number of rotatable bonds is 6. The topological polar surface area (TPSA) is 110 Å². The highest BCUT2D eigenvalue weighted by Crippen LogP contribution is 2.45. The standard InChI is InChI=1S/C25H18ClN3O6/c1-2-35-17-12-6-14(7-13-17)21-22(25(32)27(21)16-10-8-15(26)9-11-16)28-23(30)18-4-3-5-19(29(33)34)20(18)24(28)31/h3-13,21-22H,2H2,1H3. The minimum atomic E-state index is -1.17. The highest BCUT2D eigenvalue weighted by Gasteiger charge is 2.58. The molecule has 0 aliphatic carbocycles. The molecule has 3 aromatic carbocycles. The van der Waals surface area contributed by atoms with Crippen molar-refractivity contribution in [3.8, 4) is 5.75 Å². The molecule has 0 aromatic heterocycles. The minimum Gasteiger partial charge on any atom is -0.494 e. The molecule has 35 heavy (non-hydrogen) atoms. The van der Waals surface area contributed by atoms with Gasteiger partial charge in [0.05, 0.1) is 23.1 Å². The Morgan fingerprint density at radius 1 is 0.914 bits per heavy atom. The van der Waals surface area contributed by atoms with Crippen LogP contribution < -0.4 is 9.64 Å². The van der Waals surface area contributed by atoms with Gasteiger partial charge in [0.2, 0.25) is 0 Å². The van der Waals surface area contributed by atoms with Crippen molar-refractivity contribution in [1.29, 1.82) is 0 Å². The van der Waals surface area contributed by atoms with Gasteiger partial charge in [0.1, 0.15) is 17.4 Å². The predicted octanol–water partition coefficient (Wildman–Crippen LogP) is 4.40. The zero-order chi connectivity index (χ0) is 24.9. The molecular formula is C25H18ClN3O6. The van der Waals surface area contributed by atoms with Crippen molar-refractivity contribution in [2.45, 2.75) is 19.0 Å². The van der Waals surface area contributed by atoms with Crippen LogP contribution in [0.2, 0.25) is 5.02 Å². The molecule has 10 heteroatoms. The molecule has 1 fully saturated rings. The van der Waals surface area contributed by atoms with Crippen molar-refractivity contribution in [3.63, 3.8) is 0 Å². The molecule has 176 valence electrons. The number of carbonyl (C=O) groups is 3. The molecule has 2 atom stereocenters. The van der Waals surface area contributed by atoms with E-state index in [9.17, 15) is 24.5 Å². The van der Waals surface area contributed by atoms with Gasteiger partial charge in [-0.15, -0.1) is 0 Å². The van der Waals surface area contributed by atoms with Crippen LogP contribution >= 0.6 is 11.6 Å². The lowest BCUT2D eigenvalue weighted by Crippen LogP contribution is -2.67. The molecular weight excluding hydrogens is 474 g/mol. The van der Waals surface area contributed by atoms with Gasteiger partial charge in [-0.3, -0.25) is 29.4 Å². The summed E-state index contributed by atoms with van der Waals surface area (Å²) in [5.74, 6) is -1.45. The second-order valence-electron chi connectivity index (χ2n) is 8.01. The first-order chi connectivity index (χ1) is 16.8. The third-order valence-electron chi connectivity index (χ3n) is 6.10. The summed E-state index contributed by atoms with van der Waals surface area (Å²) in [6, 6.07) is 15.6. The summed E-state index contributed by atoms with van der Waals surface area (Å²) < 4.78 is 5.50. The van der Waals surface area contributed by atoms with Gasteiger partial charge >= 0.3 is 0 Å². The van der Waals surface area contributed by atoms with E-state index in [4.69, 9.17) is 16.3 Å². The van der Waals surface area contributed by atoms with E-state index in [1.807, 2.05) is 6.92 Å². The number of carbonyl (C=O) groups excluding carboxylic acids is 3. The summed E-state index contributed by atoms with van der Waals surface area (Å²) in [5.41, 5.74) is 0.344. The molecule has 0 radical (unpaired) electrons. The van der Waals surface area contributed by atoms with Crippen LogP contribution in [0.4, 0.5) is 11.4 Å². The number of nitro groups is 1. The quantitative estimate of drug-likeness (QED) is 0.219. The number of anilines is 1. The number of imide groups is 1. The van der Waals surface area contributed by atoms with E-state index in [0.29, 0.717) is 28.6 Å². The summed E-state index contributed by atoms with van der Waals surface area (Å²) in [6.07, 6.45) is 0. The van der Waals surface area contributed by atoms with Gasteiger partial charge in [-0.25, -0.2) is 0 Å². The van der Waals surface area contributed by atoms with Crippen molar-refractivity contribution >= 4 is 40.7 Å². The smallest absolute Gasteiger partial charge is 0.282 e. The number of hydrogen-bond donors (Lipinski definition) is 0. The fraction of sp³-hybridized carbons (Fsp3) is 0.160. The highest BCUT2D eigenvalue weighted by molar-refractivity contribution is 6.30. The van der Waals surface area contributed by atoms with Gasteiger partial charge in [-0.2, -0.15) is 0 Å². The number of halogens is 1. The lowest BCUT2D eigenvalue weighted by molar-refractivity contribution is -0.385. The van der Waals surface area contributed by atoms with Crippen LogP contribution in [0.1, 0.15) is 39.2 Å². The minimum absolute atomic E-state index is 0.0904. The van der Waals surface area contributed by atoms with Crippen LogP contribution in [0, 0.1) is 10.1 Å². The van der Waals surface area contributed by atoms with Crippen LogP contribution in [-0.2, 0) is 4.79 Å². The highest BCUT2D eigenvalue weighted by atomic mass is 35.5. The Labute approximate surface area is 204 Å². The second-order valence-corrected chi connectivity index (χ2v) is 8.45. The van der Waals surface area contributed by atoms with Gasteiger partial charge in [-0.05, 0) is 55.0 Å². The Bertz CT molecular complexity index is 1370. The number of nitrogens with zero attached hydrogens (tertiary/aromatic N) is 3. The van der Waals surface area contributed by atoms with E-state index in [1.54, 1.807) is 48.5 Å². The Morgan fingerprint density at radius 2 is 1.60 bits per heavy atom.